The summed E-state index contributed by atoms with van der Waals surface area (Å²) in [5.74, 6) is -0.520. The molecule has 8 heteroatoms. The molecule has 8 nitrogen and oxygen atoms in total. The molecule has 36 heavy (non-hydrogen) atoms. The van der Waals surface area contributed by atoms with Crippen molar-refractivity contribution in [3.8, 4) is 5.75 Å². The molecular formula is C28H25N3O5. The van der Waals surface area contributed by atoms with E-state index >= 15 is 0 Å². The van der Waals surface area contributed by atoms with Gasteiger partial charge in [-0.05, 0) is 29.8 Å². The van der Waals surface area contributed by atoms with Crippen molar-refractivity contribution in [1.82, 2.24) is 5.01 Å². The van der Waals surface area contributed by atoms with Gasteiger partial charge in [0.2, 0.25) is 0 Å². The number of nitrogens with zero attached hydrogens (tertiary/aromatic N) is 3. The minimum Gasteiger partial charge on any atom is -0.497 e. The first kappa shape index (κ1) is 23.3. The highest BCUT2D eigenvalue weighted by Crippen LogP contribution is 2.51. The number of hydrazone groups is 1. The maximum absolute atomic E-state index is 13.5. The molecule has 2 aliphatic rings. The number of hydrogen-bond acceptors (Lipinski definition) is 8. The summed E-state index contributed by atoms with van der Waals surface area (Å²) in [5, 5.41) is 8.68. The van der Waals surface area contributed by atoms with Crippen molar-refractivity contribution < 1.29 is 23.8 Å². The van der Waals surface area contributed by atoms with E-state index in [-0.39, 0.29) is 17.7 Å². The van der Waals surface area contributed by atoms with Crippen LogP contribution in [-0.4, -0.2) is 50.5 Å². The van der Waals surface area contributed by atoms with Crippen LogP contribution in [0.25, 0.3) is 0 Å². The molecule has 1 atom stereocenters. The summed E-state index contributed by atoms with van der Waals surface area (Å²) < 4.78 is 15.7. The number of fused-ring (bicyclic) bond motifs is 1. The second-order valence-electron chi connectivity index (χ2n) is 8.27. The van der Waals surface area contributed by atoms with Crippen LogP contribution in [0.15, 0.2) is 101 Å². The number of methoxy groups -OCH3 is 3. The molecule has 0 aliphatic carbocycles. The normalized spacial score (nSPS) is 19.1. The van der Waals surface area contributed by atoms with E-state index in [2.05, 4.69) is 0 Å². The quantitative estimate of drug-likeness (QED) is 0.495. The molecule has 0 N–H and O–H groups in total. The number of carbonyl (C=O) groups excluding carboxylic acids is 2. The first-order valence-corrected chi connectivity index (χ1v) is 11.4. The van der Waals surface area contributed by atoms with Gasteiger partial charge in [0.1, 0.15) is 17.0 Å². The molecule has 1 unspecified atom stereocenters. The van der Waals surface area contributed by atoms with Crippen molar-refractivity contribution in [3.05, 3.63) is 107 Å². The fourth-order valence-electron chi connectivity index (χ4n) is 4.91. The van der Waals surface area contributed by atoms with E-state index < -0.39 is 17.5 Å². The lowest BCUT2D eigenvalue weighted by Gasteiger charge is -2.38. The van der Waals surface area contributed by atoms with E-state index in [9.17, 15) is 9.59 Å². The topological polar surface area (TPSA) is 80.7 Å². The Kier molecular flexibility index (Phi) is 6.03. The summed E-state index contributed by atoms with van der Waals surface area (Å²) in [5.41, 5.74) is 2.05. The monoisotopic (exact) mass is 483 g/mol. The van der Waals surface area contributed by atoms with Crippen LogP contribution < -0.4 is 9.85 Å². The number of ether oxygens (including phenoxy) is 3. The molecule has 5 rings (SSSR count). The zero-order valence-corrected chi connectivity index (χ0v) is 20.2. The zero-order valence-electron chi connectivity index (χ0n) is 20.2. The maximum Gasteiger partial charge on any atom is 0.337 e. The third-order valence-electron chi connectivity index (χ3n) is 6.49. The van der Waals surface area contributed by atoms with Gasteiger partial charge in [-0.3, -0.25) is 0 Å². The third-order valence-corrected chi connectivity index (χ3v) is 6.49. The predicted octanol–water partition coefficient (Wildman–Crippen LogP) is 3.69. The van der Waals surface area contributed by atoms with E-state index in [0.717, 1.165) is 16.8 Å². The van der Waals surface area contributed by atoms with Gasteiger partial charge in [-0.2, -0.15) is 15.2 Å². The van der Waals surface area contributed by atoms with Gasteiger partial charge in [0, 0.05) is 5.56 Å². The molecule has 2 aliphatic heterocycles. The van der Waals surface area contributed by atoms with Gasteiger partial charge in [-0.25, -0.2) is 9.59 Å². The smallest absolute Gasteiger partial charge is 0.337 e. The lowest BCUT2D eigenvalue weighted by atomic mass is 9.76. The lowest BCUT2D eigenvalue weighted by molar-refractivity contribution is -0.139. The minimum absolute atomic E-state index is 0.0812. The summed E-state index contributed by atoms with van der Waals surface area (Å²) in [6, 6.07) is 26.6. The fourth-order valence-corrected chi connectivity index (χ4v) is 4.91. The highest BCUT2D eigenvalue weighted by atomic mass is 16.5. The predicted molar refractivity (Wildman–Crippen MR) is 134 cm³/mol. The van der Waals surface area contributed by atoms with E-state index in [1.54, 1.807) is 12.2 Å². The average molecular weight is 484 g/mol. The summed E-state index contributed by atoms with van der Waals surface area (Å²) in [7, 11) is 4.21. The Morgan fingerprint density at radius 1 is 0.806 bits per heavy atom. The Morgan fingerprint density at radius 3 is 2.00 bits per heavy atom. The molecule has 3 aromatic rings. The molecule has 0 fully saturated rings. The first-order valence-electron chi connectivity index (χ1n) is 11.4. The number of esters is 2. The Morgan fingerprint density at radius 2 is 1.42 bits per heavy atom. The van der Waals surface area contributed by atoms with E-state index in [4.69, 9.17) is 19.3 Å². The Hall–Kier alpha value is -4.43. The highest BCUT2D eigenvalue weighted by Gasteiger charge is 2.62. The van der Waals surface area contributed by atoms with Crippen LogP contribution in [0.5, 0.6) is 5.75 Å². The van der Waals surface area contributed by atoms with Crippen molar-refractivity contribution in [2.24, 2.45) is 5.10 Å². The fraction of sp³-hybridized carbons (Fsp3) is 0.179. The highest BCUT2D eigenvalue weighted by molar-refractivity contribution is 6.19. The van der Waals surface area contributed by atoms with Crippen molar-refractivity contribution in [3.63, 3.8) is 0 Å². The Balaban J connectivity index is 1.84. The van der Waals surface area contributed by atoms with Crippen LogP contribution in [-0.2, 0) is 24.6 Å². The molecule has 0 saturated carbocycles. The summed E-state index contributed by atoms with van der Waals surface area (Å²) in [6.07, 6.45) is 0. The van der Waals surface area contributed by atoms with Crippen LogP contribution >= 0.6 is 0 Å². The van der Waals surface area contributed by atoms with Crippen molar-refractivity contribution in [2.75, 3.05) is 33.0 Å². The molecule has 2 heterocycles. The van der Waals surface area contributed by atoms with Crippen LogP contribution in [0.4, 0.5) is 5.69 Å². The van der Waals surface area contributed by atoms with Gasteiger partial charge in [0.15, 0.2) is 0 Å². The number of hydrogen-bond donors (Lipinski definition) is 0. The van der Waals surface area contributed by atoms with Crippen LogP contribution in [0.1, 0.15) is 11.1 Å². The second-order valence-corrected chi connectivity index (χ2v) is 8.27. The van der Waals surface area contributed by atoms with E-state index in [1.165, 1.54) is 14.2 Å². The van der Waals surface area contributed by atoms with Crippen LogP contribution in [0, 0.1) is 0 Å². The molecule has 0 spiro atoms. The van der Waals surface area contributed by atoms with Crippen molar-refractivity contribution in [1.29, 1.82) is 0 Å². The molecule has 0 radical (unpaired) electrons. The number of hydrazine groups is 1. The molecule has 3 aromatic carbocycles. The lowest BCUT2D eigenvalue weighted by Crippen LogP contribution is -2.51. The van der Waals surface area contributed by atoms with Gasteiger partial charge in [0.05, 0.1) is 44.7 Å². The number of benzene rings is 3. The number of anilines is 1. The first-order chi connectivity index (χ1) is 17.6. The number of carbonyl (C=O) groups is 2. The third kappa shape index (κ3) is 3.46. The van der Waals surface area contributed by atoms with E-state index in [0.29, 0.717) is 11.5 Å². The van der Waals surface area contributed by atoms with Gasteiger partial charge in [0.25, 0.3) is 0 Å². The minimum atomic E-state index is -1.24. The van der Waals surface area contributed by atoms with Crippen LogP contribution in [0.3, 0.4) is 0 Å². The summed E-state index contributed by atoms with van der Waals surface area (Å²) in [4.78, 5) is 26.5. The molecule has 0 amide bonds. The Labute approximate surface area is 209 Å². The van der Waals surface area contributed by atoms with Gasteiger partial charge in [-0.1, -0.05) is 60.7 Å². The Bertz CT molecular complexity index is 1350. The maximum atomic E-state index is 13.5. The average Bonchev–Trinajstić information content (AvgIpc) is 3.46. The number of rotatable bonds is 6. The SMILES string of the molecule is COC(=O)C1=C(C(=O)OC)C2(c3ccccc3)C(c3ccccc3)=NN(c3ccc(OC)cc3)N2C1. The second kappa shape index (κ2) is 9.31. The van der Waals surface area contributed by atoms with Crippen LogP contribution in [0.2, 0.25) is 0 Å². The molecular weight excluding hydrogens is 458 g/mol. The van der Waals surface area contributed by atoms with Gasteiger partial charge in [-0.15, -0.1) is 0 Å². The molecule has 0 saturated heterocycles. The van der Waals surface area contributed by atoms with Crippen molar-refractivity contribution in [2.45, 2.75) is 5.54 Å². The van der Waals surface area contributed by atoms with Gasteiger partial charge < -0.3 is 14.2 Å². The summed E-state index contributed by atoms with van der Waals surface area (Å²) >= 11 is 0. The molecule has 182 valence electrons. The molecule has 0 aromatic heterocycles. The largest absolute Gasteiger partial charge is 0.497 e. The zero-order chi connectivity index (χ0) is 25.3. The van der Waals surface area contributed by atoms with Crippen molar-refractivity contribution >= 4 is 23.3 Å². The molecule has 0 bridgehead atoms. The van der Waals surface area contributed by atoms with Gasteiger partial charge >= 0.3 is 11.9 Å². The van der Waals surface area contributed by atoms with E-state index in [1.807, 2.05) is 89.9 Å². The summed E-state index contributed by atoms with van der Waals surface area (Å²) in [6.45, 7) is 0.0812. The standard InChI is InChI=1S/C28H25N3O5/c1-34-22-16-14-21(15-17-22)31-29-25(19-10-6-4-7-11-19)28(20-12-8-5-9-13-20)24(27(33)36-3)23(18-30(28)31)26(32)35-2/h4-17H,18H2,1-3H3.